The quantitative estimate of drug-likeness (QED) is 0.685. The first kappa shape index (κ1) is 19.1. The molecule has 0 N–H and O–H groups in total. The molecule has 150 valence electrons. The molecule has 2 fully saturated rings. The predicted molar refractivity (Wildman–Crippen MR) is 117 cm³/mol. The summed E-state index contributed by atoms with van der Waals surface area (Å²) in [4.78, 5) is 31.6. The highest BCUT2D eigenvalue weighted by Gasteiger charge is 2.61. The fourth-order valence-electron chi connectivity index (χ4n) is 4.23. The van der Waals surface area contributed by atoms with Crippen LogP contribution in [-0.2, 0) is 19.2 Å². The van der Waals surface area contributed by atoms with E-state index in [0.29, 0.717) is 19.9 Å². The highest BCUT2D eigenvalue weighted by molar-refractivity contribution is 9.10. The van der Waals surface area contributed by atoms with Gasteiger partial charge in [-0.15, -0.1) is 11.8 Å². The van der Waals surface area contributed by atoms with E-state index in [1.807, 2.05) is 53.4 Å². The average Bonchev–Trinajstić information content (AvgIpc) is 3.21. The molecule has 8 heteroatoms. The van der Waals surface area contributed by atoms with Gasteiger partial charge < -0.3 is 4.74 Å². The summed E-state index contributed by atoms with van der Waals surface area (Å²) < 4.78 is 6.38. The third-order valence-corrected chi connectivity index (χ3v) is 7.51. The van der Waals surface area contributed by atoms with E-state index >= 15 is 0 Å². The van der Waals surface area contributed by atoms with E-state index in [-0.39, 0.29) is 17.6 Å². The highest BCUT2D eigenvalue weighted by Crippen LogP contribution is 2.55. The molecule has 3 aliphatic heterocycles. The number of rotatable bonds is 3. The maximum Gasteiger partial charge on any atom is 0.269 e. The molecule has 0 radical (unpaired) electrons. The number of hydrogen-bond donors (Lipinski definition) is 0. The van der Waals surface area contributed by atoms with Crippen LogP contribution in [0.4, 0.5) is 11.4 Å². The van der Waals surface area contributed by atoms with E-state index in [2.05, 4.69) is 20.8 Å². The summed E-state index contributed by atoms with van der Waals surface area (Å²) in [5.41, 5.74) is 2.50. The SMILES string of the molecule is O=C1CSC2(C(=O)N(CN3CCOCC3)c3ccccc32)N1c1ccc(Br)cc1. The molecule has 0 aromatic heterocycles. The molecule has 29 heavy (non-hydrogen) atoms. The monoisotopic (exact) mass is 473 g/mol. The van der Waals surface area contributed by atoms with Crippen LogP contribution in [0.1, 0.15) is 5.56 Å². The maximum absolute atomic E-state index is 13.9. The Morgan fingerprint density at radius 1 is 1.03 bits per heavy atom. The van der Waals surface area contributed by atoms with Crippen molar-refractivity contribution in [2.24, 2.45) is 0 Å². The normalized spacial score (nSPS) is 24.6. The Kier molecular flexibility index (Phi) is 4.90. The molecule has 2 aromatic carbocycles. The van der Waals surface area contributed by atoms with Crippen LogP contribution in [0.5, 0.6) is 0 Å². The van der Waals surface area contributed by atoms with E-state index in [0.717, 1.165) is 34.5 Å². The standard InChI is InChI=1S/C21H20BrN3O3S/c22-15-5-7-16(8-6-15)25-19(26)13-29-21(25)17-3-1-2-4-18(17)24(20(21)27)14-23-9-11-28-12-10-23/h1-8H,9-14H2. The first-order valence-electron chi connectivity index (χ1n) is 9.55. The van der Waals surface area contributed by atoms with E-state index in [1.165, 1.54) is 11.8 Å². The van der Waals surface area contributed by atoms with Gasteiger partial charge in [0.1, 0.15) is 0 Å². The number of ether oxygens (including phenoxy) is 1. The van der Waals surface area contributed by atoms with E-state index in [1.54, 1.807) is 4.90 Å². The van der Waals surface area contributed by atoms with Crippen molar-refractivity contribution in [2.75, 3.05) is 48.5 Å². The molecule has 0 aliphatic carbocycles. The lowest BCUT2D eigenvalue weighted by Crippen LogP contribution is -2.52. The zero-order valence-corrected chi connectivity index (χ0v) is 18.1. The van der Waals surface area contributed by atoms with Crippen LogP contribution in [0.3, 0.4) is 0 Å². The van der Waals surface area contributed by atoms with Gasteiger partial charge in [-0.2, -0.15) is 0 Å². The number of benzene rings is 2. The third-order valence-electron chi connectivity index (χ3n) is 5.59. The van der Waals surface area contributed by atoms with Gasteiger partial charge in [0, 0.05) is 28.8 Å². The molecule has 1 spiro atoms. The Morgan fingerprint density at radius 2 is 1.76 bits per heavy atom. The molecule has 3 aliphatic rings. The lowest BCUT2D eigenvalue weighted by atomic mass is 10.0. The summed E-state index contributed by atoms with van der Waals surface area (Å²) in [5, 5.41) is 0. The Bertz CT molecular complexity index is 964. The second-order valence-corrected chi connectivity index (χ2v) is 9.34. The second kappa shape index (κ2) is 7.43. The molecule has 6 nitrogen and oxygen atoms in total. The zero-order valence-electron chi connectivity index (χ0n) is 15.7. The molecule has 1 atom stereocenters. The van der Waals surface area contributed by atoms with E-state index in [9.17, 15) is 9.59 Å². The van der Waals surface area contributed by atoms with Crippen LogP contribution < -0.4 is 9.80 Å². The number of carbonyl (C=O) groups excluding carboxylic acids is 2. The summed E-state index contributed by atoms with van der Waals surface area (Å²) in [6.07, 6.45) is 0. The predicted octanol–water partition coefficient (Wildman–Crippen LogP) is 3.02. The minimum atomic E-state index is -1.05. The minimum Gasteiger partial charge on any atom is -0.379 e. The van der Waals surface area contributed by atoms with Gasteiger partial charge in [0.25, 0.3) is 5.91 Å². The van der Waals surface area contributed by atoms with Gasteiger partial charge in [0.15, 0.2) is 0 Å². The third kappa shape index (κ3) is 3.01. The van der Waals surface area contributed by atoms with Crippen molar-refractivity contribution in [1.82, 2.24) is 4.90 Å². The molecule has 1 unspecified atom stereocenters. The molecule has 2 amide bonds. The van der Waals surface area contributed by atoms with Crippen LogP contribution in [0.15, 0.2) is 53.0 Å². The molecule has 0 saturated carbocycles. The first-order chi connectivity index (χ1) is 14.1. The number of amides is 2. The Labute approximate surface area is 181 Å². The summed E-state index contributed by atoms with van der Waals surface area (Å²) >= 11 is 4.86. The highest BCUT2D eigenvalue weighted by atomic mass is 79.9. The van der Waals surface area contributed by atoms with Gasteiger partial charge in [-0.05, 0) is 30.3 Å². The summed E-state index contributed by atoms with van der Waals surface area (Å²) in [6, 6.07) is 15.4. The Hall–Kier alpha value is -1.87. The number of anilines is 2. The van der Waals surface area contributed by atoms with Crippen molar-refractivity contribution in [2.45, 2.75) is 4.87 Å². The minimum absolute atomic E-state index is 0.0475. The van der Waals surface area contributed by atoms with Crippen molar-refractivity contribution < 1.29 is 14.3 Å². The summed E-state index contributed by atoms with van der Waals surface area (Å²) in [6.45, 7) is 3.44. The van der Waals surface area contributed by atoms with Crippen molar-refractivity contribution in [3.63, 3.8) is 0 Å². The van der Waals surface area contributed by atoms with Crippen LogP contribution in [-0.4, -0.2) is 55.4 Å². The van der Waals surface area contributed by atoms with Crippen LogP contribution in [0.25, 0.3) is 0 Å². The van der Waals surface area contributed by atoms with E-state index in [4.69, 9.17) is 4.74 Å². The molecule has 5 rings (SSSR count). The van der Waals surface area contributed by atoms with E-state index < -0.39 is 4.87 Å². The fraction of sp³-hybridized carbons (Fsp3) is 0.333. The zero-order chi connectivity index (χ0) is 20.0. The molecule has 2 saturated heterocycles. The number of carbonyl (C=O) groups is 2. The average molecular weight is 474 g/mol. The van der Waals surface area contributed by atoms with Crippen molar-refractivity contribution in [3.05, 3.63) is 58.6 Å². The number of fused-ring (bicyclic) bond motifs is 2. The number of thioether (sulfide) groups is 1. The van der Waals surface area contributed by atoms with Gasteiger partial charge in [0.2, 0.25) is 10.8 Å². The van der Waals surface area contributed by atoms with Gasteiger partial charge in [-0.1, -0.05) is 34.1 Å². The van der Waals surface area contributed by atoms with Gasteiger partial charge in [0.05, 0.1) is 31.3 Å². The van der Waals surface area contributed by atoms with Crippen molar-refractivity contribution >= 4 is 50.9 Å². The molecule has 2 aromatic rings. The second-order valence-electron chi connectivity index (χ2n) is 7.26. The smallest absolute Gasteiger partial charge is 0.269 e. The van der Waals surface area contributed by atoms with Crippen LogP contribution in [0.2, 0.25) is 0 Å². The number of nitrogens with zero attached hydrogens (tertiary/aromatic N) is 3. The van der Waals surface area contributed by atoms with Crippen LogP contribution >= 0.6 is 27.7 Å². The number of halogens is 1. The van der Waals surface area contributed by atoms with Gasteiger partial charge in [-0.3, -0.25) is 24.3 Å². The lowest BCUT2D eigenvalue weighted by Gasteiger charge is -2.35. The maximum atomic E-state index is 13.9. The van der Waals surface area contributed by atoms with Gasteiger partial charge >= 0.3 is 0 Å². The van der Waals surface area contributed by atoms with Crippen LogP contribution in [0, 0.1) is 0 Å². The first-order valence-corrected chi connectivity index (χ1v) is 11.3. The Balaban J connectivity index is 1.59. The fourth-order valence-corrected chi connectivity index (χ4v) is 5.85. The summed E-state index contributed by atoms with van der Waals surface area (Å²) in [7, 11) is 0. The molecular formula is C21H20BrN3O3S. The van der Waals surface area contributed by atoms with Crippen molar-refractivity contribution in [1.29, 1.82) is 0 Å². The number of para-hydroxylation sites is 1. The largest absolute Gasteiger partial charge is 0.379 e. The number of morpholine rings is 1. The summed E-state index contributed by atoms with van der Waals surface area (Å²) in [5.74, 6) is 0.180. The Morgan fingerprint density at radius 3 is 2.52 bits per heavy atom. The molecule has 3 heterocycles. The van der Waals surface area contributed by atoms with Gasteiger partial charge in [-0.25, -0.2) is 0 Å². The van der Waals surface area contributed by atoms with Crippen molar-refractivity contribution in [3.8, 4) is 0 Å². The number of hydrogen-bond acceptors (Lipinski definition) is 5. The molecule has 0 bridgehead atoms. The topological polar surface area (TPSA) is 53.1 Å². The lowest BCUT2D eigenvalue weighted by molar-refractivity contribution is -0.124. The molecular weight excluding hydrogens is 454 g/mol.